The van der Waals surface area contributed by atoms with Crippen molar-refractivity contribution >= 4 is 5.97 Å². The molecule has 0 radical (unpaired) electrons. The van der Waals surface area contributed by atoms with Crippen LogP contribution in [0.15, 0.2) is 18.2 Å². The Bertz CT molecular complexity index is 387. The van der Waals surface area contributed by atoms with Gasteiger partial charge in [0.2, 0.25) is 0 Å². The van der Waals surface area contributed by atoms with Crippen molar-refractivity contribution in [3.05, 3.63) is 23.8 Å². The molecular weight excluding hydrogens is 200 g/mol. The van der Waals surface area contributed by atoms with Gasteiger partial charge >= 0.3 is 12.4 Å². The molecule has 80 valence electrons. The molecule has 1 aliphatic heterocycles. The molecule has 5 heteroatoms. The van der Waals surface area contributed by atoms with Gasteiger partial charge < -0.3 is 19.3 Å². The predicted molar refractivity (Wildman–Crippen MR) is 49.4 cm³/mol. The molecule has 0 aliphatic carbocycles. The van der Waals surface area contributed by atoms with Gasteiger partial charge in [0.15, 0.2) is 11.5 Å². The maximum absolute atomic E-state index is 11.0. The molecule has 2 rings (SSSR count). The Morgan fingerprint density at radius 1 is 1.47 bits per heavy atom. The fraction of sp³-hybridized carbons (Fsp3) is 0.300. The molecule has 15 heavy (non-hydrogen) atoms. The first-order valence-electron chi connectivity index (χ1n) is 4.40. The lowest BCUT2D eigenvalue weighted by atomic mass is 10.1. The highest BCUT2D eigenvalue weighted by Crippen LogP contribution is 2.34. The zero-order chi connectivity index (χ0) is 10.8. The van der Waals surface area contributed by atoms with E-state index >= 15 is 0 Å². The normalized spacial score (nSPS) is 17.6. The molecule has 0 fully saturated rings. The number of carbonyl (C=O) groups is 1. The highest BCUT2D eigenvalue weighted by Gasteiger charge is 2.22. The Morgan fingerprint density at radius 2 is 2.20 bits per heavy atom. The molecule has 1 N–H and O–H groups in total. The fourth-order valence-electron chi connectivity index (χ4n) is 1.33. The topological polar surface area (TPSA) is 65.0 Å². The highest BCUT2D eigenvalue weighted by atomic mass is 16.8. The number of ether oxygens (including phenoxy) is 3. The molecule has 1 heterocycles. The lowest BCUT2D eigenvalue weighted by Crippen LogP contribution is -2.15. The number of aliphatic hydroxyl groups is 1. The van der Waals surface area contributed by atoms with Gasteiger partial charge in [-0.3, -0.25) is 4.79 Å². The molecule has 1 aliphatic rings. The quantitative estimate of drug-likeness (QED) is 0.718. The van der Waals surface area contributed by atoms with Crippen LogP contribution in [-0.4, -0.2) is 24.7 Å². The largest absolute Gasteiger partial charge is 0.469 e. The first kappa shape index (κ1) is 9.79. The average Bonchev–Trinajstić information content (AvgIpc) is 2.57. The summed E-state index contributed by atoms with van der Waals surface area (Å²) in [4.78, 5) is 11.0. The van der Waals surface area contributed by atoms with Crippen LogP contribution >= 0.6 is 0 Å². The third kappa shape index (κ3) is 2.02. The minimum Gasteiger partial charge on any atom is -0.469 e. The van der Waals surface area contributed by atoms with E-state index < -0.39 is 6.48 Å². The van der Waals surface area contributed by atoms with E-state index in [2.05, 4.69) is 4.74 Å². The van der Waals surface area contributed by atoms with Crippen molar-refractivity contribution in [3.63, 3.8) is 0 Å². The first-order valence-corrected chi connectivity index (χ1v) is 4.40. The van der Waals surface area contributed by atoms with E-state index in [1.54, 1.807) is 18.2 Å². The van der Waals surface area contributed by atoms with Crippen LogP contribution in [0.4, 0.5) is 0 Å². The average molecular weight is 210 g/mol. The van der Waals surface area contributed by atoms with Crippen molar-refractivity contribution in [1.82, 2.24) is 0 Å². The van der Waals surface area contributed by atoms with Gasteiger partial charge in [0.1, 0.15) is 0 Å². The second-order valence-corrected chi connectivity index (χ2v) is 3.08. The summed E-state index contributed by atoms with van der Waals surface area (Å²) in [7, 11) is 1.33. The van der Waals surface area contributed by atoms with Crippen LogP contribution in [0.2, 0.25) is 0 Å². The molecule has 1 unspecified atom stereocenters. The molecule has 0 aromatic heterocycles. The van der Waals surface area contributed by atoms with Crippen LogP contribution < -0.4 is 9.47 Å². The van der Waals surface area contributed by atoms with Gasteiger partial charge in [-0.25, -0.2) is 0 Å². The third-order valence-corrected chi connectivity index (χ3v) is 2.04. The van der Waals surface area contributed by atoms with Crippen molar-refractivity contribution in [3.8, 4) is 11.5 Å². The SMILES string of the molecule is COC(=O)Cc1ccc2c(c1)OC(O)O2. The van der Waals surface area contributed by atoms with Gasteiger partial charge in [0.05, 0.1) is 13.5 Å². The molecule has 0 saturated heterocycles. The van der Waals surface area contributed by atoms with Gasteiger partial charge in [0.25, 0.3) is 0 Å². The van der Waals surface area contributed by atoms with Crippen LogP contribution in [0.25, 0.3) is 0 Å². The number of carbonyl (C=O) groups excluding carboxylic acids is 1. The number of fused-ring (bicyclic) bond motifs is 1. The van der Waals surface area contributed by atoms with Crippen LogP contribution in [-0.2, 0) is 16.0 Å². The number of esters is 1. The number of benzene rings is 1. The van der Waals surface area contributed by atoms with E-state index in [1.165, 1.54) is 7.11 Å². The van der Waals surface area contributed by atoms with Crippen molar-refractivity contribution < 1.29 is 24.1 Å². The van der Waals surface area contributed by atoms with Gasteiger partial charge in [-0.2, -0.15) is 0 Å². The molecule has 0 bridgehead atoms. The Kier molecular flexibility index (Phi) is 2.47. The zero-order valence-electron chi connectivity index (χ0n) is 8.10. The maximum Gasteiger partial charge on any atom is 0.358 e. The molecule has 0 spiro atoms. The summed E-state index contributed by atoms with van der Waals surface area (Å²) < 4.78 is 14.4. The smallest absolute Gasteiger partial charge is 0.358 e. The fourth-order valence-corrected chi connectivity index (χ4v) is 1.33. The molecule has 1 aromatic carbocycles. The van der Waals surface area contributed by atoms with E-state index in [4.69, 9.17) is 14.6 Å². The second kappa shape index (κ2) is 3.78. The summed E-state index contributed by atoms with van der Waals surface area (Å²) in [6.07, 6.45) is 0.170. The van der Waals surface area contributed by atoms with Gasteiger partial charge in [-0.1, -0.05) is 6.07 Å². The molecule has 1 aromatic rings. The summed E-state index contributed by atoms with van der Waals surface area (Å²) in [5, 5.41) is 9.03. The summed E-state index contributed by atoms with van der Waals surface area (Å²) in [6, 6.07) is 5.00. The van der Waals surface area contributed by atoms with Crippen molar-refractivity contribution in [1.29, 1.82) is 0 Å². The number of hydrogen-bond donors (Lipinski definition) is 1. The molecule has 5 nitrogen and oxygen atoms in total. The third-order valence-electron chi connectivity index (χ3n) is 2.04. The maximum atomic E-state index is 11.0. The Balaban J connectivity index is 2.16. The van der Waals surface area contributed by atoms with E-state index in [1.807, 2.05) is 0 Å². The van der Waals surface area contributed by atoms with Crippen molar-refractivity contribution in [2.24, 2.45) is 0 Å². The second-order valence-electron chi connectivity index (χ2n) is 3.08. The predicted octanol–water partition coefficient (Wildman–Crippen LogP) is 0.449. The summed E-state index contributed by atoms with van der Waals surface area (Å²) >= 11 is 0. The Morgan fingerprint density at radius 3 is 2.93 bits per heavy atom. The summed E-state index contributed by atoms with van der Waals surface area (Å²) in [5.41, 5.74) is 0.748. The minimum atomic E-state index is -1.26. The van der Waals surface area contributed by atoms with E-state index in [0.717, 1.165) is 5.56 Å². The number of hydrogen-bond acceptors (Lipinski definition) is 5. The summed E-state index contributed by atoms with van der Waals surface area (Å²) in [5.74, 6) is 0.578. The monoisotopic (exact) mass is 210 g/mol. The molecular formula is C10H10O5. The number of aliphatic hydroxyl groups excluding tert-OH is 1. The Hall–Kier alpha value is -1.75. The van der Waals surface area contributed by atoms with Crippen molar-refractivity contribution in [2.45, 2.75) is 12.9 Å². The van der Waals surface area contributed by atoms with Gasteiger partial charge in [0, 0.05) is 0 Å². The molecule has 0 saturated carbocycles. The number of methoxy groups -OCH3 is 1. The van der Waals surface area contributed by atoms with Crippen LogP contribution in [0, 0.1) is 0 Å². The lowest BCUT2D eigenvalue weighted by molar-refractivity contribution is -0.139. The minimum absolute atomic E-state index is 0.170. The highest BCUT2D eigenvalue weighted by molar-refractivity contribution is 5.72. The van der Waals surface area contributed by atoms with Gasteiger partial charge in [-0.15, -0.1) is 0 Å². The van der Waals surface area contributed by atoms with E-state index in [9.17, 15) is 4.79 Å². The molecule has 0 amide bonds. The van der Waals surface area contributed by atoms with Crippen LogP contribution in [0.5, 0.6) is 11.5 Å². The molecule has 1 atom stereocenters. The Labute approximate surface area is 86.2 Å². The van der Waals surface area contributed by atoms with E-state index in [-0.39, 0.29) is 12.4 Å². The number of rotatable bonds is 2. The van der Waals surface area contributed by atoms with Crippen LogP contribution in [0.3, 0.4) is 0 Å². The zero-order valence-corrected chi connectivity index (χ0v) is 8.10. The summed E-state index contributed by atoms with van der Waals surface area (Å²) in [6.45, 7) is -1.26. The van der Waals surface area contributed by atoms with Crippen LogP contribution in [0.1, 0.15) is 5.56 Å². The standard InChI is InChI=1S/C10H10O5/c1-13-9(11)5-6-2-3-7-8(4-6)15-10(12)14-7/h2-4,10,12H,5H2,1H3. The van der Waals surface area contributed by atoms with E-state index in [0.29, 0.717) is 11.5 Å². The lowest BCUT2D eigenvalue weighted by Gasteiger charge is -2.01. The first-order chi connectivity index (χ1) is 7.19. The van der Waals surface area contributed by atoms with Gasteiger partial charge in [-0.05, 0) is 17.7 Å². The van der Waals surface area contributed by atoms with Crippen molar-refractivity contribution in [2.75, 3.05) is 7.11 Å².